The molecule has 114 valence electrons. The van der Waals surface area contributed by atoms with Crippen molar-refractivity contribution in [2.75, 3.05) is 19.5 Å². The monoisotopic (exact) mass is 299 g/mol. The van der Waals surface area contributed by atoms with E-state index in [0.717, 1.165) is 16.8 Å². The number of hydrogen-bond donors (Lipinski definition) is 2. The van der Waals surface area contributed by atoms with E-state index in [9.17, 15) is 9.90 Å². The number of rotatable bonds is 3. The molecule has 1 aliphatic heterocycles. The first-order valence-electron chi connectivity index (χ1n) is 6.97. The summed E-state index contributed by atoms with van der Waals surface area (Å²) in [5.74, 6) is 1.28. The van der Waals surface area contributed by atoms with Crippen LogP contribution in [0.4, 0.5) is 5.69 Å². The predicted molar refractivity (Wildman–Crippen MR) is 82.7 cm³/mol. The van der Waals surface area contributed by atoms with Crippen LogP contribution in [0.2, 0.25) is 0 Å². The van der Waals surface area contributed by atoms with Gasteiger partial charge in [-0.3, -0.25) is 4.79 Å². The zero-order valence-corrected chi connectivity index (χ0v) is 12.4. The van der Waals surface area contributed by atoms with Crippen molar-refractivity contribution in [1.29, 1.82) is 0 Å². The summed E-state index contributed by atoms with van der Waals surface area (Å²) in [7, 11) is 3.15. The van der Waals surface area contributed by atoms with Gasteiger partial charge in [0.05, 0.1) is 14.2 Å². The van der Waals surface area contributed by atoms with Crippen molar-refractivity contribution in [2.24, 2.45) is 0 Å². The van der Waals surface area contributed by atoms with Crippen molar-refractivity contribution in [2.45, 2.75) is 12.3 Å². The Balaban J connectivity index is 2.11. The van der Waals surface area contributed by atoms with E-state index in [1.807, 2.05) is 18.2 Å². The van der Waals surface area contributed by atoms with Crippen molar-refractivity contribution >= 4 is 11.6 Å². The quantitative estimate of drug-likeness (QED) is 0.914. The summed E-state index contributed by atoms with van der Waals surface area (Å²) < 4.78 is 10.6. The van der Waals surface area contributed by atoms with Gasteiger partial charge in [0.1, 0.15) is 5.75 Å². The highest BCUT2D eigenvalue weighted by molar-refractivity contribution is 5.96. The fraction of sp³-hybridized carbons (Fsp3) is 0.235. The number of anilines is 1. The number of amides is 1. The molecule has 0 spiro atoms. The summed E-state index contributed by atoms with van der Waals surface area (Å²) in [5, 5.41) is 12.3. The molecule has 3 rings (SSSR count). The van der Waals surface area contributed by atoms with Gasteiger partial charge >= 0.3 is 0 Å². The van der Waals surface area contributed by atoms with E-state index in [-0.39, 0.29) is 17.6 Å². The summed E-state index contributed by atoms with van der Waals surface area (Å²) in [6, 6.07) is 10.6. The van der Waals surface area contributed by atoms with Gasteiger partial charge in [-0.05, 0) is 29.3 Å². The van der Waals surface area contributed by atoms with E-state index >= 15 is 0 Å². The lowest BCUT2D eigenvalue weighted by Gasteiger charge is -2.27. The van der Waals surface area contributed by atoms with Gasteiger partial charge in [-0.2, -0.15) is 0 Å². The molecule has 0 saturated heterocycles. The van der Waals surface area contributed by atoms with E-state index in [2.05, 4.69) is 5.32 Å². The minimum atomic E-state index is -0.0795. The smallest absolute Gasteiger partial charge is 0.225 e. The number of aromatic hydroxyl groups is 1. The van der Waals surface area contributed by atoms with Gasteiger partial charge in [0.2, 0.25) is 5.91 Å². The lowest BCUT2D eigenvalue weighted by Crippen LogP contribution is -2.23. The van der Waals surface area contributed by atoms with Crippen LogP contribution in [0.1, 0.15) is 23.5 Å². The highest BCUT2D eigenvalue weighted by Crippen LogP contribution is 2.43. The molecule has 1 amide bonds. The number of methoxy groups -OCH3 is 2. The Labute approximate surface area is 128 Å². The minimum absolute atomic E-state index is 0.0437. The second-order valence-electron chi connectivity index (χ2n) is 5.19. The van der Waals surface area contributed by atoms with Gasteiger partial charge in [-0.25, -0.2) is 0 Å². The molecular formula is C17H17NO4. The predicted octanol–water partition coefficient (Wildman–Crippen LogP) is 2.88. The Hall–Kier alpha value is -2.69. The summed E-state index contributed by atoms with van der Waals surface area (Å²) >= 11 is 0. The zero-order valence-electron chi connectivity index (χ0n) is 12.4. The maximum absolute atomic E-state index is 12.0. The van der Waals surface area contributed by atoms with Crippen molar-refractivity contribution in [3.8, 4) is 17.2 Å². The van der Waals surface area contributed by atoms with Gasteiger partial charge < -0.3 is 19.9 Å². The molecule has 0 bridgehead atoms. The number of nitrogens with one attached hydrogen (secondary N) is 1. The number of ether oxygens (including phenoxy) is 2. The Kier molecular flexibility index (Phi) is 3.63. The second kappa shape index (κ2) is 5.60. The normalized spacial score (nSPS) is 16.6. The Bertz CT molecular complexity index is 709. The first-order valence-corrected chi connectivity index (χ1v) is 6.97. The summed E-state index contributed by atoms with van der Waals surface area (Å²) in [6.45, 7) is 0. The van der Waals surface area contributed by atoms with E-state index in [0.29, 0.717) is 17.9 Å². The van der Waals surface area contributed by atoms with Crippen LogP contribution in [0.15, 0.2) is 36.4 Å². The third kappa shape index (κ3) is 2.45. The number of carbonyl (C=O) groups excluding carboxylic acids is 1. The minimum Gasteiger partial charge on any atom is -0.508 e. The molecule has 2 aromatic carbocycles. The zero-order chi connectivity index (χ0) is 15.7. The number of benzene rings is 2. The molecule has 0 radical (unpaired) electrons. The number of hydrogen-bond acceptors (Lipinski definition) is 4. The topological polar surface area (TPSA) is 67.8 Å². The second-order valence-corrected chi connectivity index (χ2v) is 5.19. The van der Waals surface area contributed by atoms with Crippen LogP contribution in [0, 0.1) is 0 Å². The first kappa shape index (κ1) is 14.3. The molecule has 0 aromatic heterocycles. The van der Waals surface area contributed by atoms with Crippen molar-refractivity contribution in [3.63, 3.8) is 0 Å². The molecule has 1 heterocycles. The molecule has 22 heavy (non-hydrogen) atoms. The molecule has 0 unspecified atom stereocenters. The van der Waals surface area contributed by atoms with Crippen LogP contribution in [0.3, 0.4) is 0 Å². The van der Waals surface area contributed by atoms with Crippen molar-refractivity contribution in [3.05, 3.63) is 47.5 Å². The van der Waals surface area contributed by atoms with Crippen LogP contribution in [-0.4, -0.2) is 25.2 Å². The number of phenols is 1. The number of carbonyl (C=O) groups is 1. The fourth-order valence-corrected chi connectivity index (χ4v) is 2.79. The number of fused-ring (bicyclic) bond motifs is 1. The average Bonchev–Trinajstić information content (AvgIpc) is 2.53. The molecule has 2 aromatic rings. The fourth-order valence-electron chi connectivity index (χ4n) is 2.79. The average molecular weight is 299 g/mol. The third-order valence-electron chi connectivity index (χ3n) is 3.89. The highest BCUT2D eigenvalue weighted by atomic mass is 16.5. The molecule has 1 atom stereocenters. The van der Waals surface area contributed by atoms with Crippen LogP contribution >= 0.6 is 0 Å². The van der Waals surface area contributed by atoms with E-state index in [1.165, 1.54) is 0 Å². The highest BCUT2D eigenvalue weighted by Gasteiger charge is 2.28. The molecule has 5 heteroatoms. The van der Waals surface area contributed by atoms with Crippen LogP contribution in [0.5, 0.6) is 17.2 Å². The lowest BCUT2D eigenvalue weighted by molar-refractivity contribution is -0.116. The summed E-state index contributed by atoms with van der Waals surface area (Å²) in [4.78, 5) is 12.0. The standard InChI is InChI=1S/C17H17NO4/c1-21-15-7-13-12(10-3-5-11(19)6-4-10)8-17(20)18-14(13)9-16(15)22-2/h3-7,9,12,19H,8H2,1-2H3,(H,18,20)/t12-/m1/s1. The largest absolute Gasteiger partial charge is 0.508 e. The third-order valence-corrected chi connectivity index (χ3v) is 3.89. The van der Waals surface area contributed by atoms with Gasteiger partial charge in [0.25, 0.3) is 0 Å². The van der Waals surface area contributed by atoms with Crippen LogP contribution in [-0.2, 0) is 4.79 Å². The summed E-state index contributed by atoms with van der Waals surface area (Å²) in [6.07, 6.45) is 0.354. The van der Waals surface area contributed by atoms with E-state index in [1.54, 1.807) is 32.4 Å². The molecule has 0 aliphatic carbocycles. The summed E-state index contributed by atoms with van der Waals surface area (Å²) in [5.41, 5.74) is 2.68. The molecule has 2 N–H and O–H groups in total. The maximum Gasteiger partial charge on any atom is 0.225 e. The molecule has 0 saturated carbocycles. The SMILES string of the molecule is COc1cc2c(cc1OC)[C@@H](c1ccc(O)cc1)CC(=O)N2. The molecule has 1 aliphatic rings. The van der Waals surface area contributed by atoms with Gasteiger partial charge in [0.15, 0.2) is 11.5 Å². The first-order chi connectivity index (χ1) is 10.6. The van der Waals surface area contributed by atoms with E-state index < -0.39 is 0 Å². The number of phenolic OH excluding ortho intramolecular Hbond substituents is 1. The van der Waals surface area contributed by atoms with Crippen LogP contribution in [0.25, 0.3) is 0 Å². The molecule has 5 nitrogen and oxygen atoms in total. The Morgan fingerprint density at radius 2 is 1.73 bits per heavy atom. The van der Waals surface area contributed by atoms with Gasteiger partial charge in [-0.1, -0.05) is 12.1 Å². The van der Waals surface area contributed by atoms with Crippen molar-refractivity contribution in [1.82, 2.24) is 0 Å². The van der Waals surface area contributed by atoms with Gasteiger partial charge in [-0.15, -0.1) is 0 Å². The van der Waals surface area contributed by atoms with Crippen LogP contribution < -0.4 is 14.8 Å². The Morgan fingerprint density at radius 3 is 2.36 bits per heavy atom. The van der Waals surface area contributed by atoms with Gasteiger partial charge in [0, 0.05) is 24.1 Å². The maximum atomic E-state index is 12.0. The Morgan fingerprint density at radius 1 is 1.09 bits per heavy atom. The van der Waals surface area contributed by atoms with Crippen molar-refractivity contribution < 1.29 is 19.4 Å². The molecular weight excluding hydrogens is 282 g/mol. The molecule has 0 fully saturated rings. The lowest BCUT2D eigenvalue weighted by atomic mass is 9.84. The van der Waals surface area contributed by atoms with E-state index in [4.69, 9.17) is 9.47 Å².